The van der Waals surface area contributed by atoms with Gasteiger partial charge in [0.2, 0.25) is 6.41 Å². The van der Waals surface area contributed by atoms with E-state index in [9.17, 15) is 35.9 Å². The van der Waals surface area contributed by atoms with Gasteiger partial charge >= 0.3 is 18.4 Å². The number of alkyl halides is 6. The molecular weight excluding hydrogens is 416 g/mol. The number of urea groups is 1. The minimum Gasteiger partial charge on any atom is -0.351 e. The van der Waals surface area contributed by atoms with Crippen LogP contribution in [0.25, 0.3) is 10.9 Å². The van der Waals surface area contributed by atoms with Crippen molar-refractivity contribution in [3.8, 4) is 0 Å². The highest BCUT2D eigenvalue weighted by atomic mass is 19.4. The van der Waals surface area contributed by atoms with Crippen LogP contribution in [0.3, 0.4) is 0 Å². The Morgan fingerprint density at radius 2 is 1.57 bits per heavy atom. The van der Waals surface area contributed by atoms with Crippen molar-refractivity contribution >= 4 is 34.7 Å². The number of fused-ring (bicyclic) bond motifs is 1. The fourth-order valence-electron chi connectivity index (χ4n) is 2.86. The van der Waals surface area contributed by atoms with Crippen molar-refractivity contribution in [2.75, 3.05) is 10.2 Å². The summed E-state index contributed by atoms with van der Waals surface area (Å²) < 4.78 is 79.6. The maximum atomic E-state index is 13.0. The molecule has 1 aromatic heterocycles. The predicted octanol–water partition coefficient (Wildman–Crippen LogP) is 5.41. The molecule has 158 valence electrons. The predicted molar refractivity (Wildman–Crippen MR) is 96.9 cm³/mol. The zero-order chi connectivity index (χ0) is 22.3. The Labute approximate surface area is 165 Å². The Bertz CT molecular complexity index is 1090. The highest BCUT2D eigenvalue weighted by Gasteiger charge is 2.37. The van der Waals surface area contributed by atoms with Crippen LogP contribution in [0, 0.1) is 0 Å². The van der Waals surface area contributed by atoms with Gasteiger partial charge in [0, 0.05) is 29.8 Å². The van der Waals surface area contributed by atoms with Gasteiger partial charge in [-0.15, -0.1) is 0 Å². The fourth-order valence-corrected chi connectivity index (χ4v) is 2.86. The van der Waals surface area contributed by atoms with Crippen LogP contribution in [-0.2, 0) is 24.2 Å². The van der Waals surface area contributed by atoms with Crippen LogP contribution in [0.4, 0.5) is 42.5 Å². The summed E-state index contributed by atoms with van der Waals surface area (Å²) in [5.41, 5.74) is -3.05. The quantitative estimate of drug-likeness (QED) is 0.447. The maximum Gasteiger partial charge on any atom is 0.416 e. The van der Waals surface area contributed by atoms with E-state index >= 15 is 0 Å². The highest BCUT2D eigenvalue weighted by molar-refractivity contribution is 6.12. The molecule has 0 bridgehead atoms. The van der Waals surface area contributed by atoms with Crippen molar-refractivity contribution < 1.29 is 35.9 Å². The van der Waals surface area contributed by atoms with E-state index in [4.69, 9.17) is 0 Å². The van der Waals surface area contributed by atoms with Gasteiger partial charge in [0.1, 0.15) is 0 Å². The van der Waals surface area contributed by atoms with Crippen LogP contribution < -0.4 is 10.2 Å². The molecule has 0 saturated carbocycles. The molecule has 5 nitrogen and oxygen atoms in total. The Morgan fingerprint density at radius 3 is 2.10 bits per heavy atom. The van der Waals surface area contributed by atoms with Crippen LogP contribution in [-0.4, -0.2) is 17.0 Å². The fraction of sp³-hybridized carbons (Fsp3) is 0.158. The lowest BCUT2D eigenvalue weighted by atomic mass is 10.1. The SMILES string of the molecule is Cn1ccc2cc(N(C=O)C(=O)Nc3cc(C(F)(F)F)cc(C(F)(F)F)c3)ccc21. The Hall–Kier alpha value is -3.50. The third-order valence-electron chi connectivity index (χ3n) is 4.31. The maximum absolute atomic E-state index is 13.0. The van der Waals surface area contributed by atoms with Crippen molar-refractivity contribution in [2.24, 2.45) is 7.05 Å². The minimum absolute atomic E-state index is 0.0590. The van der Waals surface area contributed by atoms with Gasteiger partial charge < -0.3 is 9.88 Å². The van der Waals surface area contributed by atoms with Crippen LogP contribution in [0.15, 0.2) is 48.7 Å². The summed E-state index contributed by atoms with van der Waals surface area (Å²) >= 11 is 0. The molecular formula is C19H13F6N3O2. The average Bonchev–Trinajstić information content (AvgIpc) is 3.01. The van der Waals surface area contributed by atoms with E-state index in [0.29, 0.717) is 22.4 Å². The van der Waals surface area contributed by atoms with Gasteiger partial charge in [0.25, 0.3) is 0 Å². The number of nitrogens with one attached hydrogen (secondary N) is 1. The van der Waals surface area contributed by atoms with Gasteiger partial charge in [-0.1, -0.05) is 0 Å². The number of imide groups is 1. The van der Waals surface area contributed by atoms with Crippen molar-refractivity contribution in [1.82, 2.24) is 4.57 Å². The third kappa shape index (κ3) is 4.24. The number of hydrogen-bond donors (Lipinski definition) is 1. The number of hydrogen-bond acceptors (Lipinski definition) is 2. The van der Waals surface area contributed by atoms with Crippen LogP contribution in [0.1, 0.15) is 11.1 Å². The summed E-state index contributed by atoms with van der Waals surface area (Å²) in [6.45, 7) is 0. The molecule has 3 amide bonds. The summed E-state index contributed by atoms with van der Waals surface area (Å²) in [6, 6.07) is 5.67. The number of carbonyl (C=O) groups excluding carboxylic acids is 2. The molecule has 1 N–H and O–H groups in total. The second-order valence-electron chi connectivity index (χ2n) is 6.37. The van der Waals surface area contributed by atoms with E-state index in [2.05, 4.69) is 0 Å². The molecule has 0 aliphatic carbocycles. The van der Waals surface area contributed by atoms with Gasteiger partial charge in [-0.3, -0.25) is 4.79 Å². The number of nitrogens with zero attached hydrogens (tertiary/aromatic N) is 2. The van der Waals surface area contributed by atoms with E-state index in [-0.39, 0.29) is 18.2 Å². The van der Waals surface area contributed by atoms with Gasteiger partial charge in [0.15, 0.2) is 0 Å². The number of halogens is 6. The topological polar surface area (TPSA) is 54.3 Å². The van der Waals surface area contributed by atoms with E-state index in [1.807, 2.05) is 5.32 Å². The Balaban J connectivity index is 1.95. The van der Waals surface area contributed by atoms with E-state index in [1.165, 1.54) is 12.1 Å². The van der Waals surface area contributed by atoms with E-state index < -0.39 is 35.2 Å². The first-order chi connectivity index (χ1) is 13.9. The standard InChI is InChI=1S/C19H13F6N3O2/c1-27-5-4-11-6-15(2-3-16(11)27)28(10-29)17(30)26-14-8-12(18(20,21)22)7-13(9-14)19(23,24)25/h2-10H,1H3,(H,26,30). The molecule has 0 radical (unpaired) electrons. The number of benzene rings is 2. The van der Waals surface area contributed by atoms with Crippen molar-refractivity contribution in [3.05, 3.63) is 59.8 Å². The minimum atomic E-state index is -5.07. The summed E-state index contributed by atoms with van der Waals surface area (Å²) in [5, 5.41) is 2.59. The highest BCUT2D eigenvalue weighted by Crippen LogP contribution is 2.37. The lowest BCUT2D eigenvalue weighted by Crippen LogP contribution is -2.33. The van der Waals surface area contributed by atoms with Crippen molar-refractivity contribution in [1.29, 1.82) is 0 Å². The lowest BCUT2D eigenvalue weighted by Gasteiger charge is -2.19. The van der Waals surface area contributed by atoms with Crippen LogP contribution in [0.2, 0.25) is 0 Å². The molecule has 30 heavy (non-hydrogen) atoms. The first-order valence-corrected chi connectivity index (χ1v) is 8.30. The monoisotopic (exact) mass is 429 g/mol. The average molecular weight is 429 g/mol. The second-order valence-corrected chi connectivity index (χ2v) is 6.37. The number of anilines is 2. The number of aromatic nitrogens is 1. The Morgan fingerprint density at radius 1 is 0.967 bits per heavy atom. The molecule has 11 heteroatoms. The molecule has 3 rings (SSSR count). The second kappa shape index (κ2) is 7.39. The van der Waals surface area contributed by atoms with Gasteiger partial charge in [-0.25, -0.2) is 9.69 Å². The molecule has 0 aliphatic heterocycles. The van der Waals surface area contributed by atoms with Gasteiger partial charge in [-0.05, 0) is 42.5 Å². The number of amides is 3. The zero-order valence-electron chi connectivity index (χ0n) is 15.2. The van der Waals surface area contributed by atoms with Crippen molar-refractivity contribution in [2.45, 2.75) is 12.4 Å². The van der Waals surface area contributed by atoms with Crippen LogP contribution in [0.5, 0.6) is 0 Å². The van der Waals surface area contributed by atoms with E-state index in [0.717, 1.165) is 5.52 Å². The smallest absolute Gasteiger partial charge is 0.351 e. The first kappa shape index (κ1) is 21.2. The van der Waals surface area contributed by atoms with Crippen LogP contribution >= 0.6 is 0 Å². The number of rotatable bonds is 3. The molecule has 0 unspecified atom stereocenters. The molecule has 2 aromatic carbocycles. The molecule has 3 aromatic rings. The number of aryl methyl sites for hydroxylation is 1. The normalized spacial score (nSPS) is 12.1. The molecule has 1 heterocycles. The molecule has 0 atom stereocenters. The molecule has 0 saturated heterocycles. The van der Waals surface area contributed by atoms with Crippen molar-refractivity contribution in [3.63, 3.8) is 0 Å². The lowest BCUT2D eigenvalue weighted by molar-refractivity contribution is -0.143. The summed E-state index contributed by atoms with van der Waals surface area (Å²) in [6.07, 6.45) is -8.29. The molecule has 0 spiro atoms. The molecule has 0 fully saturated rings. The summed E-state index contributed by atoms with van der Waals surface area (Å²) in [7, 11) is 1.78. The van der Waals surface area contributed by atoms with Gasteiger partial charge in [-0.2, -0.15) is 26.3 Å². The Kier molecular flexibility index (Phi) is 5.23. The largest absolute Gasteiger partial charge is 0.416 e. The number of carbonyl (C=O) groups is 2. The molecule has 0 aliphatic rings. The third-order valence-corrected chi connectivity index (χ3v) is 4.31. The first-order valence-electron chi connectivity index (χ1n) is 8.30. The zero-order valence-corrected chi connectivity index (χ0v) is 15.2. The summed E-state index contributed by atoms with van der Waals surface area (Å²) in [4.78, 5) is 24.4. The summed E-state index contributed by atoms with van der Waals surface area (Å²) in [5.74, 6) is 0. The van der Waals surface area contributed by atoms with Gasteiger partial charge in [0.05, 0.1) is 16.8 Å². The van der Waals surface area contributed by atoms with E-state index in [1.54, 1.807) is 29.9 Å².